The summed E-state index contributed by atoms with van der Waals surface area (Å²) in [4.78, 5) is 19.7. The molecule has 1 aromatic heterocycles. The van der Waals surface area contributed by atoms with Crippen molar-refractivity contribution in [1.82, 2.24) is 9.97 Å². The lowest BCUT2D eigenvalue weighted by molar-refractivity contribution is -0.115. The zero-order valence-corrected chi connectivity index (χ0v) is 17.9. The zero-order chi connectivity index (χ0) is 22.3. The fraction of sp³-hybridized carbons (Fsp3) is 0.150. The maximum atomic E-state index is 12.4. The predicted octanol–water partition coefficient (Wildman–Crippen LogP) is 2.22. The number of carbonyl (C=O) groups excluding carboxylic acids is 1. The molecule has 0 saturated heterocycles. The molecule has 0 aliphatic rings. The van der Waals surface area contributed by atoms with Crippen LogP contribution in [0.5, 0.6) is 0 Å². The van der Waals surface area contributed by atoms with Gasteiger partial charge in [0, 0.05) is 24.5 Å². The molecule has 0 saturated carbocycles. The first-order valence-corrected chi connectivity index (χ1v) is 12.5. The number of carbonyl (C=O) groups is 1. The predicted molar refractivity (Wildman–Crippen MR) is 116 cm³/mol. The number of nitrogens with one attached hydrogen (secondary N) is 2. The van der Waals surface area contributed by atoms with E-state index in [1.54, 1.807) is 36.4 Å². The van der Waals surface area contributed by atoms with Crippen LogP contribution in [0.3, 0.4) is 0 Å². The Bertz CT molecular complexity index is 1230. The summed E-state index contributed by atoms with van der Waals surface area (Å²) in [7, 11) is -7.32. The summed E-state index contributed by atoms with van der Waals surface area (Å²) >= 11 is 0. The van der Waals surface area contributed by atoms with Gasteiger partial charge in [0.1, 0.15) is 0 Å². The molecular weight excluding hydrogens is 440 g/mol. The average molecular weight is 461 g/mol. The molecule has 31 heavy (non-hydrogen) atoms. The molecule has 0 spiro atoms. The topological polar surface area (TPSA) is 135 Å². The zero-order valence-electron chi connectivity index (χ0n) is 16.3. The van der Waals surface area contributed by atoms with E-state index in [0.29, 0.717) is 11.3 Å². The van der Waals surface area contributed by atoms with Crippen LogP contribution in [0.1, 0.15) is 12.0 Å². The van der Waals surface area contributed by atoms with Crippen molar-refractivity contribution < 1.29 is 21.6 Å². The second kappa shape index (κ2) is 9.67. The number of sulfonamides is 1. The summed E-state index contributed by atoms with van der Waals surface area (Å²) in [6, 6.07) is 15.7. The minimum Gasteiger partial charge on any atom is -0.326 e. The standard InChI is InChI=1S/C20H20N4O5S2/c25-19(11-14-30(26,27)15-16-5-2-1-3-6-16)23-17-7-9-18(10-8-17)31(28,29)24-20-21-12-4-13-22-20/h1-10,12-13H,11,14-15H2,(H,23,25)(H,21,22,24). The molecule has 3 aromatic rings. The van der Waals surface area contributed by atoms with Crippen LogP contribution >= 0.6 is 0 Å². The fourth-order valence-electron chi connectivity index (χ4n) is 2.62. The summed E-state index contributed by atoms with van der Waals surface area (Å²) in [6.07, 6.45) is 2.61. The van der Waals surface area contributed by atoms with Gasteiger partial charge in [0.25, 0.3) is 10.0 Å². The molecule has 2 aromatic carbocycles. The monoisotopic (exact) mass is 460 g/mol. The van der Waals surface area contributed by atoms with Crippen LogP contribution in [0, 0.1) is 0 Å². The molecule has 162 valence electrons. The van der Waals surface area contributed by atoms with Gasteiger partial charge in [-0.15, -0.1) is 0 Å². The molecule has 0 bridgehead atoms. The van der Waals surface area contributed by atoms with E-state index in [1.807, 2.05) is 0 Å². The van der Waals surface area contributed by atoms with Crippen LogP contribution < -0.4 is 10.0 Å². The Hall–Kier alpha value is -3.31. The highest BCUT2D eigenvalue weighted by Gasteiger charge is 2.17. The van der Waals surface area contributed by atoms with E-state index in [9.17, 15) is 21.6 Å². The van der Waals surface area contributed by atoms with Crippen molar-refractivity contribution in [2.45, 2.75) is 17.1 Å². The summed E-state index contributed by atoms with van der Waals surface area (Å²) in [6.45, 7) is 0. The van der Waals surface area contributed by atoms with Crippen molar-refractivity contribution in [2.24, 2.45) is 0 Å². The summed E-state index contributed by atoms with van der Waals surface area (Å²) < 4.78 is 51.3. The normalized spacial score (nSPS) is 11.6. The van der Waals surface area contributed by atoms with Crippen molar-refractivity contribution >= 4 is 37.4 Å². The molecule has 0 unspecified atom stereocenters. The van der Waals surface area contributed by atoms with Crippen LogP contribution in [-0.2, 0) is 30.4 Å². The smallest absolute Gasteiger partial charge is 0.264 e. The number of rotatable bonds is 9. The lowest BCUT2D eigenvalue weighted by atomic mass is 10.2. The van der Waals surface area contributed by atoms with Crippen molar-refractivity contribution in [2.75, 3.05) is 15.8 Å². The number of hydrogen-bond acceptors (Lipinski definition) is 7. The number of amides is 1. The molecule has 0 fully saturated rings. The van der Waals surface area contributed by atoms with Gasteiger partial charge in [0.05, 0.1) is 16.4 Å². The molecule has 11 heteroatoms. The van der Waals surface area contributed by atoms with Gasteiger partial charge < -0.3 is 5.32 Å². The molecule has 3 rings (SSSR count). The minimum absolute atomic E-state index is 0.0385. The largest absolute Gasteiger partial charge is 0.326 e. The highest BCUT2D eigenvalue weighted by atomic mass is 32.2. The Morgan fingerprint density at radius 1 is 0.839 bits per heavy atom. The van der Waals surface area contributed by atoms with Crippen LogP contribution in [0.25, 0.3) is 0 Å². The molecule has 0 aliphatic heterocycles. The fourth-order valence-corrected chi connectivity index (χ4v) is 4.92. The van der Waals surface area contributed by atoms with Crippen LogP contribution in [0.4, 0.5) is 11.6 Å². The van der Waals surface area contributed by atoms with Gasteiger partial charge in [-0.2, -0.15) is 0 Å². The summed E-state index contributed by atoms with van der Waals surface area (Å²) in [5, 5.41) is 2.56. The van der Waals surface area contributed by atoms with E-state index in [4.69, 9.17) is 0 Å². The SMILES string of the molecule is O=C(CCS(=O)(=O)Cc1ccccc1)Nc1ccc(S(=O)(=O)Nc2ncccn2)cc1. The first-order chi connectivity index (χ1) is 14.7. The van der Waals surface area contributed by atoms with Crippen LogP contribution in [-0.4, -0.2) is 38.5 Å². The molecule has 2 N–H and O–H groups in total. The molecule has 9 nitrogen and oxygen atoms in total. The van der Waals surface area contributed by atoms with Crippen LogP contribution in [0.15, 0.2) is 78.0 Å². The minimum atomic E-state index is -3.88. The Labute approximate surface area is 180 Å². The third kappa shape index (κ3) is 6.86. The van der Waals surface area contributed by atoms with Gasteiger partial charge in [-0.3, -0.25) is 4.79 Å². The number of hydrogen-bond donors (Lipinski definition) is 2. The first-order valence-electron chi connectivity index (χ1n) is 9.18. The second-order valence-electron chi connectivity index (χ2n) is 6.58. The van der Waals surface area contributed by atoms with Gasteiger partial charge in [-0.25, -0.2) is 31.5 Å². The molecule has 1 amide bonds. The van der Waals surface area contributed by atoms with Gasteiger partial charge >= 0.3 is 0 Å². The van der Waals surface area contributed by atoms with Gasteiger partial charge in [-0.1, -0.05) is 30.3 Å². The third-order valence-electron chi connectivity index (χ3n) is 4.11. The van der Waals surface area contributed by atoms with Gasteiger partial charge in [0.2, 0.25) is 11.9 Å². The highest BCUT2D eigenvalue weighted by Crippen LogP contribution is 2.17. The molecular formula is C20H20N4O5S2. The Morgan fingerprint density at radius 2 is 1.48 bits per heavy atom. The molecule has 0 atom stereocenters. The lowest BCUT2D eigenvalue weighted by Crippen LogP contribution is -2.18. The second-order valence-corrected chi connectivity index (χ2v) is 10.4. The lowest BCUT2D eigenvalue weighted by Gasteiger charge is -2.09. The van der Waals surface area contributed by atoms with Crippen molar-refractivity contribution in [3.8, 4) is 0 Å². The molecule has 0 aliphatic carbocycles. The third-order valence-corrected chi connectivity index (χ3v) is 7.05. The Balaban J connectivity index is 1.55. The maximum Gasteiger partial charge on any atom is 0.264 e. The molecule has 0 radical (unpaired) electrons. The van der Waals surface area contributed by atoms with Crippen LogP contribution in [0.2, 0.25) is 0 Å². The van der Waals surface area contributed by atoms with Gasteiger partial charge in [0.15, 0.2) is 9.84 Å². The van der Waals surface area contributed by atoms with Gasteiger partial charge in [-0.05, 0) is 35.9 Å². The highest BCUT2D eigenvalue weighted by molar-refractivity contribution is 7.92. The van der Waals surface area contributed by atoms with E-state index in [1.165, 1.54) is 36.7 Å². The Morgan fingerprint density at radius 3 is 2.13 bits per heavy atom. The number of nitrogens with zero attached hydrogens (tertiary/aromatic N) is 2. The van der Waals surface area contributed by atoms with E-state index in [0.717, 1.165) is 0 Å². The first kappa shape index (κ1) is 22.4. The number of aromatic nitrogens is 2. The van der Waals surface area contributed by atoms with Crippen molar-refractivity contribution in [3.05, 3.63) is 78.6 Å². The maximum absolute atomic E-state index is 12.4. The van der Waals surface area contributed by atoms with E-state index in [-0.39, 0.29) is 28.8 Å². The van der Waals surface area contributed by atoms with E-state index >= 15 is 0 Å². The summed E-state index contributed by atoms with van der Waals surface area (Å²) in [5.74, 6) is -0.966. The van der Waals surface area contributed by atoms with E-state index in [2.05, 4.69) is 20.0 Å². The number of anilines is 2. The van der Waals surface area contributed by atoms with Crippen molar-refractivity contribution in [1.29, 1.82) is 0 Å². The van der Waals surface area contributed by atoms with E-state index < -0.39 is 25.8 Å². The van der Waals surface area contributed by atoms with Crippen molar-refractivity contribution in [3.63, 3.8) is 0 Å². The number of benzene rings is 2. The average Bonchev–Trinajstić information content (AvgIpc) is 2.74. The quantitative estimate of drug-likeness (QED) is 0.500. The Kier molecular flexibility index (Phi) is 6.98. The molecule has 1 heterocycles. The summed E-state index contributed by atoms with van der Waals surface area (Å²) in [5.41, 5.74) is 1.01. The number of sulfone groups is 1.